The number of carbonyl (C=O) groups excluding carboxylic acids is 1. The highest BCUT2D eigenvalue weighted by Crippen LogP contribution is 2.33. The molecule has 0 saturated carbocycles. The average molecular weight is 352 g/mol. The van der Waals surface area contributed by atoms with E-state index in [0.29, 0.717) is 0 Å². The molecule has 0 aliphatic carbocycles. The van der Waals surface area contributed by atoms with Crippen molar-refractivity contribution in [2.75, 3.05) is 13.7 Å². The number of aryl methyl sites for hydroxylation is 1. The van der Waals surface area contributed by atoms with Crippen LogP contribution < -0.4 is 0 Å². The Morgan fingerprint density at radius 3 is 2.50 bits per heavy atom. The van der Waals surface area contributed by atoms with Gasteiger partial charge in [0.1, 0.15) is 5.60 Å². The van der Waals surface area contributed by atoms with Crippen LogP contribution in [0.4, 0.5) is 0 Å². The van der Waals surface area contributed by atoms with Gasteiger partial charge in [-0.3, -0.25) is 9.78 Å². The van der Waals surface area contributed by atoms with Crippen molar-refractivity contribution in [1.29, 1.82) is 0 Å². The molecule has 1 saturated heterocycles. The number of hydrogen-bond donors (Lipinski definition) is 0. The average Bonchev–Trinajstić information content (AvgIpc) is 3.13. The van der Waals surface area contributed by atoms with E-state index in [1.165, 1.54) is 16.7 Å². The Balaban J connectivity index is 1.73. The quantitative estimate of drug-likeness (QED) is 0.815. The maximum atomic E-state index is 12.8. The Hall–Kier alpha value is -2.20. The number of pyridine rings is 1. The zero-order chi connectivity index (χ0) is 18.7. The van der Waals surface area contributed by atoms with E-state index in [1.807, 2.05) is 24.9 Å². The molecule has 4 nitrogen and oxygen atoms in total. The van der Waals surface area contributed by atoms with Gasteiger partial charge in [0.2, 0.25) is 0 Å². The molecule has 1 unspecified atom stereocenters. The van der Waals surface area contributed by atoms with Crippen LogP contribution >= 0.6 is 0 Å². The summed E-state index contributed by atoms with van der Waals surface area (Å²) in [5.41, 5.74) is 3.91. The normalized spacial score (nSPS) is 17.5. The Kier molecular flexibility index (Phi) is 5.42. The molecular weight excluding hydrogens is 324 g/mol. The number of hydrogen-bond acceptors (Lipinski definition) is 3. The van der Waals surface area contributed by atoms with E-state index in [-0.39, 0.29) is 11.9 Å². The first-order chi connectivity index (χ1) is 12.4. The minimum absolute atomic E-state index is 0.0352. The molecule has 138 valence electrons. The lowest BCUT2D eigenvalue weighted by molar-refractivity contribution is -0.152. The van der Waals surface area contributed by atoms with Gasteiger partial charge in [0.05, 0.1) is 11.7 Å². The minimum Gasteiger partial charge on any atom is -0.369 e. The molecule has 0 radical (unpaired) electrons. The van der Waals surface area contributed by atoms with Gasteiger partial charge in [0.15, 0.2) is 0 Å². The highest BCUT2D eigenvalue weighted by atomic mass is 16.5. The van der Waals surface area contributed by atoms with Crippen molar-refractivity contribution in [2.45, 2.75) is 51.7 Å². The Morgan fingerprint density at radius 2 is 1.88 bits per heavy atom. The highest BCUT2D eigenvalue weighted by Gasteiger charge is 2.38. The number of methoxy groups -OCH3 is 1. The standard InChI is InChI=1S/C22H28N2O2/c1-16-7-9-17(10-8-16)14-18-11-12-19(23-15-18)20-6-5-13-24(20)21(25)22(2,3)26-4/h7-12,15,20H,5-6,13-14H2,1-4H3. The molecule has 0 bridgehead atoms. The van der Waals surface area contributed by atoms with Gasteiger partial charge in [-0.2, -0.15) is 0 Å². The van der Waals surface area contributed by atoms with Gasteiger partial charge in [0, 0.05) is 19.9 Å². The van der Waals surface area contributed by atoms with E-state index in [4.69, 9.17) is 4.74 Å². The van der Waals surface area contributed by atoms with E-state index >= 15 is 0 Å². The molecule has 0 N–H and O–H groups in total. The molecular formula is C22H28N2O2. The van der Waals surface area contributed by atoms with Gasteiger partial charge in [-0.05, 0) is 57.2 Å². The summed E-state index contributed by atoms with van der Waals surface area (Å²) in [7, 11) is 1.58. The zero-order valence-corrected chi connectivity index (χ0v) is 16.2. The summed E-state index contributed by atoms with van der Waals surface area (Å²) < 4.78 is 5.38. The number of nitrogens with zero attached hydrogens (tertiary/aromatic N) is 2. The molecule has 2 aromatic rings. The number of carbonyl (C=O) groups is 1. The van der Waals surface area contributed by atoms with Crippen molar-refractivity contribution < 1.29 is 9.53 Å². The Labute approximate surface area is 156 Å². The lowest BCUT2D eigenvalue weighted by Crippen LogP contribution is -2.46. The zero-order valence-electron chi connectivity index (χ0n) is 16.2. The van der Waals surface area contributed by atoms with E-state index in [1.54, 1.807) is 7.11 Å². The molecule has 1 amide bonds. The third-order valence-electron chi connectivity index (χ3n) is 5.26. The summed E-state index contributed by atoms with van der Waals surface area (Å²) in [5, 5.41) is 0. The summed E-state index contributed by atoms with van der Waals surface area (Å²) in [6.45, 7) is 6.51. The SMILES string of the molecule is COC(C)(C)C(=O)N1CCCC1c1ccc(Cc2ccc(C)cc2)cn1. The van der Waals surface area contributed by atoms with E-state index in [0.717, 1.165) is 31.5 Å². The first kappa shape index (κ1) is 18.6. The molecule has 3 rings (SSSR count). The van der Waals surface area contributed by atoms with Crippen LogP contribution in [0.1, 0.15) is 55.1 Å². The lowest BCUT2D eigenvalue weighted by atomic mass is 10.0. The summed E-state index contributed by atoms with van der Waals surface area (Å²) in [4.78, 5) is 19.4. The van der Waals surface area contributed by atoms with Crippen LogP contribution in [0.25, 0.3) is 0 Å². The number of amides is 1. The van der Waals surface area contributed by atoms with Crippen molar-refractivity contribution in [3.05, 3.63) is 65.0 Å². The van der Waals surface area contributed by atoms with Crippen LogP contribution in [0.15, 0.2) is 42.6 Å². The molecule has 0 spiro atoms. The summed E-state index contributed by atoms with van der Waals surface area (Å²) in [6, 6.07) is 12.8. The maximum Gasteiger partial charge on any atom is 0.254 e. The van der Waals surface area contributed by atoms with Crippen molar-refractivity contribution in [1.82, 2.24) is 9.88 Å². The molecule has 1 aliphatic rings. The molecule has 1 atom stereocenters. The number of ether oxygens (including phenoxy) is 1. The van der Waals surface area contributed by atoms with Gasteiger partial charge in [-0.1, -0.05) is 35.9 Å². The molecule has 1 aliphatic heterocycles. The number of benzene rings is 1. The minimum atomic E-state index is -0.798. The fourth-order valence-corrected chi connectivity index (χ4v) is 3.43. The van der Waals surface area contributed by atoms with E-state index in [9.17, 15) is 4.79 Å². The van der Waals surface area contributed by atoms with Gasteiger partial charge in [0.25, 0.3) is 5.91 Å². The van der Waals surface area contributed by atoms with Crippen molar-refractivity contribution in [2.24, 2.45) is 0 Å². The van der Waals surface area contributed by atoms with Crippen LogP contribution in [0.5, 0.6) is 0 Å². The summed E-state index contributed by atoms with van der Waals surface area (Å²) in [5.74, 6) is 0.0352. The highest BCUT2D eigenvalue weighted by molar-refractivity contribution is 5.85. The predicted molar refractivity (Wildman–Crippen MR) is 103 cm³/mol. The maximum absolute atomic E-state index is 12.8. The largest absolute Gasteiger partial charge is 0.369 e. The van der Waals surface area contributed by atoms with Crippen molar-refractivity contribution >= 4 is 5.91 Å². The van der Waals surface area contributed by atoms with Crippen LogP contribution in [0.2, 0.25) is 0 Å². The Bertz CT molecular complexity index is 751. The van der Waals surface area contributed by atoms with Gasteiger partial charge in [-0.25, -0.2) is 0 Å². The molecule has 1 fully saturated rings. The fourth-order valence-electron chi connectivity index (χ4n) is 3.43. The fraction of sp³-hybridized carbons (Fsp3) is 0.455. The molecule has 4 heteroatoms. The first-order valence-corrected chi connectivity index (χ1v) is 9.27. The van der Waals surface area contributed by atoms with Gasteiger partial charge >= 0.3 is 0 Å². The smallest absolute Gasteiger partial charge is 0.254 e. The van der Waals surface area contributed by atoms with Crippen LogP contribution in [-0.4, -0.2) is 35.0 Å². The van der Waals surface area contributed by atoms with Crippen LogP contribution in [0, 0.1) is 6.92 Å². The first-order valence-electron chi connectivity index (χ1n) is 9.27. The summed E-state index contributed by atoms with van der Waals surface area (Å²) >= 11 is 0. The van der Waals surface area contributed by atoms with Crippen molar-refractivity contribution in [3.63, 3.8) is 0 Å². The summed E-state index contributed by atoms with van der Waals surface area (Å²) in [6.07, 6.45) is 4.77. The van der Waals surface area contributed by atoms with Crippen molar-refractivity contribution in [3.8, 4) is 0 Å². The predicted octanol–water partition coefficient (Wildman–Crippen LogP) is 4.07. The van der Waals surface area contributed by atoms with Crippen LogP contribution in [0.3, 0.4) is 0 Å². The van der Waals surface area contributed by atoms with E-state index in [2.05, 4.69) is 48.3 Å². The number of likely N-dealkylation sites (tertiary alicyclic amines) is 1. The van der Waals surface area contributed by atoms with Gasteiger partial charge in [-0.15, -0.1) is 0 Å². The molecule has 26 heavy (non-hydrogen) atoms. The number of rotatable bonds is 5. The molecule has 1 aromatic carbocycles. The molecule has 1 aromatic heterocycles. The molecule has 2 heterocycles. The second kappa shape index (κ2) is 7.58. The van der Waals surface area contributed by atoms with Crippen LogP contribution in [-0.2, 0) is 16.0 Å². The third-order valence-corrected chi connectivity index (χ3v) is 5.26. The second-order valence-electron chi connectivity index (χ2n) is 7.62. The lowest BCUT2D eigenvalue weighted by Gasteiger charge is -2.32. The van der Waals surface area contributed by atoms with Gasteiger partial charge < -0.3 is 9.64 Å². The third kappa shape index (κ3) is 3.96. The second-order valence-corrected chi connectivity index (χ2v) is 7.62. The monoisotopic (exact) mass is 352 g/mol. The van der Waals surface area contributed by atoms with E-state index < -0.39 is 5.60 Å². The topological polar surface area (TPSA) is 42.4 Å². The number of aromatic nitrogens is 1. The Morgan fingerprint density at radius 1 is 1.19 bits per heavy atom.